The van der Waals surface area contributed by atoms with Crippen LogP contribution < -0.4 is 9.47 Å². The van der Waals surface area contributed by atoms with E-state index in [9.17, 15) is 23.4 Å². The van der Waals surface area contributed by atoms with E-state index in [1.807, 2.05) is 6.07 Å². The molecule has 1 aliphatic heterocycles. The van der Waals surface area contributed by atoms with Gasteiger partial charge in [-0.15, -0.1) is 0 Å². The predicted octanol–water partition coefficient (Wildman–Crippen LogP) is 5.28. The molecule has 200 valence electrons. The third-order valence-corrected chi connectivity index (χ3v) is 7.52. The topological polar surface area (TPSA) is 75.0 Å². The van der Waals surface area contributed by atoms with Gasteiger partial charge in [-0.3, -0.25) is 9.88 Å². The molecule has 0 unspecified atom stereocenters. The average molecular weight is 539 g/mol. The van der Waals surface area contributed by atoms with Crippen molar-refractivity contribution in [1.29, 1.82) is 0 Å². The number of ether oxygens (including phenoxy) is 2. The van der Waals surface area contributed by atoms with E-state index in [1.54, 1.807) is 19.2 Å². The molecular formula is C27H30ClF3N2O4. The minimum absolute atomic E-state index is 0.0191. The van der Waals surface area contributed by atoms with Crippen molar-refractivity contribution in [3.05, 3.63) is 64.6 Å². The molecule has 1 aliphatic rings. The second-order valence-corrected chi connectivity index (χ2v) is 9.91. The van der Waals surface area contributed by atoms with Gasteiger partial charge in [-0.05, 0) is 62.4 Å². The number of halogens is 4. The highest BCUT2D eigenvalue weighted by molar-refractivity contribution is 6.32. The summed E-state index contributed by atoms with van der Waals surface area (Å²) < 4.78 is 51.1. The van der Waals surface area contributed by atoms with Gasteiger partial charge in [-0.25, -0.2) is 13.2 Å². The van der Waals surface area contributed by atoms with E-state index in [-0.39, 0.29) is 18.6 Å². The maximum atomic E-state index is 13.8. The Bertz CT molecular complexity index is 1210. The Morgan fingerprint density at radius 1 is 1.14 bits per heavy atom. The summed E-state index contributed by atoms with van der Waals surface area (Å²) in [6.45, 7) is 1.77. The maximum absolute atomic E-state index is 13.8. The molecule has 0 amide bonds. The van der Waals surface area contributed by atoms with Crippen LogP contribution in [0.1, 0.15) is 37.4 Å². The van der Waals surface area contributed by atoms with Crippen molar-refractivity contribution in [1.82, 2.24) is 9.88 Å². The van der Waals surface area contributed by atoms with Crippen LogP contribution in [0.3, 0.4) is 0 Å². The summed E-state index contributed by atoms with van der Waals surface area (Å²) in [5, 5.41) is 22.4. The van der Waals surface area contributed by atoms with Crippen LogP contribution >= 0.6 is 11.6 Å². The van der Waals surface area contributed by atoms with E-state index in [0.717, 1.165) is 5.39 Å². The Hall–Kier alpha value is -2.59. The number of hydrogen-bond acceptors (Lipinski definition) is 6. The van der Waals surface area contributed by atoms with E-state index in [0.29, 0.717) is 79.3 Å². The number of nitrogens with zero attached hydrogens (tertiary/aromatic N) is 2. The van der Waals surface area contributed by atoms with Crippen LogP contribution in [0.2, 0.25) is 5.02 Å². The molecule has 0 aliphatic carbocycles. The lowest BCUT2D eigenvalue weighted by Crippen LogP contribution is -2.43. The first-order valence-corrected chi connectivity index (χ1v) is 12.5. The van der Waals surface area contributed by atoms with Gasteiger partial charge in [0.1, 0.15) is 18.2 Å². The first-order chi connectivity index (χ1) is 17.7. The number of methoxy groups -OCH3 is 1. The number of rotatable bonds is 10. The number of hydrogen-bond donors (Lipinski definition) is 2. The fraction of sp³-hybridized carbons (Fsp3) is 0.444. The van der Waals surface area contributed by atoms with E-state index >= 15 is 0 Å². The number of pyridine rings is 1. The molecule has 0 saturated carbocycles. The SMILES string of the molecule is COc1ccc2ncc(Cl)c([C@@H](O)CCC3(CO)CCN(CCOc4c(F)cc(F)cc4F)CC3)c2c1. The molecule has 0 bridgehead atoms. The Morgan fingerprint density at radius 3 is 2.49 bits per heavy atom. The summed E-state index contributed by atoms with van der Waals surface area (Å²) in [4.78, 5) is 6.42. The zero-order valence-electron chi connectivity index (χ0n) is 20.5. The van der Waals surface area contributed by atoms with Crippen LogP contribution in [-0.4, -0.2) is 60.1 Å². The second kappa shape index (κ2) is 11.9. The van der Waals surface area contributed by atoms with Crippen LogP contribution in [0.5, 0.6) is 11.5 Å². The Morgan fingerprint density at radius 2 is 1.84 bits per heavy atom. The molecule has 2 heterocycles. The highest BCUT2D eigenvalue weighted by Crippen LogP contribution is 2.40. The van der Waals surface area contributed by atoms with E-state index < -0.39 is 29.3 Å². The summed E-state index contributed by atoms with van der Waals surface area (Å²) in [7, 11) is 1.57. The van der Waals surface area contributed by atoms with Crippen molar-refractivity contribution in [2.75, 3.05) is 40.0 Å². The predicted molar refractivity (Wildman–Crippen MR) is 135 cm³/mol. The van der Waals surface area contributed by atoms with Crippen LogP contribution in [0, 0.1) is 22.9 Å². The number of aliphatic hydroxyl groups excluding tert-OH is 2. The van der Waals surface area contributed by atoms with Crippen LogP contribution in [-0.2, 0) is 0 Å². The summed E-state index contributed by atoms with van der Waals surface area (Å²) in [5.41, 5.74) is 0.932. The fourth-order valence-corrected chi connectivity index (χ4v) is 5.18. The Balaban J connectivity index is 1.33. The molecule has 2 aromatic carbocycles. The normalized spacial score (nSPS) is 16.6. The molecule has 1 saturated heterocycles. The fourth-order valence-electron chi connectivity index (χ4n) is 4.90. The van der Waals surface area contributed by atoms with Crippen LogP contribution in [0.25, 0.3) is 10.9 Å². The Kier molecular flexibility index (Phi) is 8.79. The highest BCUT2D eigenvalue weighted by atomic mass is 35.5. The first kappa shape index (κ1) is 27.4. The molecule has 37 heavy (non-hydrogen) atoms. The average Bonchev–Trinajstić information content (AvgIpc) is 2.89. The molecular weight excluding hydrogens is 509 g/mol. The number of aromatic nitrogens is 1. The summed E-state index contributed by atoms with van der Waals surface area (Å²) in [6, 6.07) is 6.59. The molecule has 1 atom stereocenters. The summed E-state index contributed by atoms with van der Waals surface area (Å²) in [5.74, 6) is -3.10. The van der Waals surface area contributed by atoms with Crippen molar-refractivity contribution in [2.24, 2.45) is 5.41 Å². The minimum Gasteiger partial charge on any atom is -0.497 e. The van der Waals surface area contributed by atoms with Crippen molar-refractivity contribution in [3.8, 4) is 11.5 Å². The van der Waals surface area contributed by atoms with Gasteiger partial charge in [0, 0.05) is 42.4 Å². The molecule has 3 aromatic rings. The van der Waals surface area contributed by atoms with E-state index in [1.165, 1.54) is 6.20 Å². The van der Waals surface area contributed by atoms with Gasteiger partial charge >= 0.3 is 0 Å². The smallest absolute Gasteiger partial charge is 0.190 e. The Labute approximate surface area is 218 Å². The summed E-state index contributed by atoms with van der Waals surface area (Å²) >= 11 is 6.43. The standard InChI is InChI=1S/C27H30ClF3N2O4/c1-36-18-2-3-23-19(14-18)25(20(28)15-32-23)24(35)4-5-27(16-34)6-8-33(9-7-27)10-11-37-26-21(30)12-17(29)13-22(26)31/h2-3,12-15,24,34-35H,4-11,16H2,1H3/t24-/m0/s1. The number of likely N-dealkylation sites (tertiary alicyclic amines) is 1. The molecule has 1 fully saturated rings. The summed E-state index contributed by atoms with van der Waals surface area (Å²) in [6.07, 6.45) is 3.05. The molecule has 2 N–H and O–H groups in total. The molecule has 6 nitrogen and oxygen atoms in total. The van der Waals surface area contributed by atoms with Gasteiger partial charge in [-0.1, -0.05) is 11.6 Å². The third kappa shape index (κ3) is 6.29. The number of fused-ring (bicyclic) bond motifs is 1. The van der Waals surface area contributed by atoms with Gasteiger partial charge < -0.3 is 19.7 Å². The van der Waals surface area contributed by atoms with Gasteiger partial charge in [0.15, 0.2) is 17.4 Å². The molecule has 10 heteroatoms. The van der Waals surface area contributed by atoms with Crippen molar-refractivity contribution in [2.45, 2.75) is 31.8 Å². The van der Waals surface area contributed by atoms with Gasteiger partial charge in [0.2, 0.25) is 0 Å². The van der Waals surface area contributed by atoms with Gasteiger partial charge in [0.25, 0.3) is 0 Å². The monoisotopic (exact) mass is 538 g/mol. The molecule has 4 rings (SSSR count). The molecule has 0 spiro atoms. The zero-order chi connectivity index (χ0) is 26.6. The first-order valence-electron chi connectivity index (χ1n) is 12.2. The lowest BCUT2D eigenvalue weighted by molar-refractivity contribution is 0.0202. The van der Waals surface area contributed by atoms with E-state index in [4.69, 9.17) is 21.1 Å². The van der Waals surface area contributed by atoms with Gasteiger partial charge in [-0.2, -0.15) is 0 Å². The zero-order valence-corrected chi connectivity index (χ0v) is 21.3. The van der Waals surface area contributed by atoms with Gasteiger partial charge in [0.05, 0.1) is 23.8 Å². The molecule has 1 aromatic heterocycles. The van der Waals surface area contributed by atoms with Crippen LogP contribution in [0.4, 0.5) is 13.2 Å². The number of piperidine rings is 1. The minimum atomic E-state index is -1.07. The second-order valence-electron chi connectivity index (χ2n) is 9.50. The lowest BCUT2D eigenvalue weighted by Gasteiger charge is -2.41. The van der Waals surface area contributed by atoms with Crippen LogP contribution in [0.15, 0.2) is 36.5 Å². The number of aliphatic hydroxyl groups is 2. The number of benzene rings is 2. The third-order valence-electron chi connectivity index (χ3n) is 7.22. The largest absolute Gasteiger partial charge is 0.497 e. The maximum Gasteiger partial charge on any atom is 0.190 e. The van der Waals surface area contributed by atoms with Crippen molar-refractivity contribution in [3.63, 3.8) is 0 Å². The lowest BCUT2D eigenvalue weighted by atomic mass is 9.74. The van der Waals surface area contributed by atoms with E-state index in [2.05, 4.69) is 9.88 Å². The highest BCUT2D eigenvalue weighted by Gasteiger charge is 2.34. The van der Waals surface area contributed by atoms with Crippen molar-refractivity contribution >= 4 is 22.5 Å². The quantitative estimate of drug-likeness (QED) is 0.366. The molecule has 0 radical (unpaired) electrons. The van der Waals surface area contributed by atoms with Crippen molar-refractivity contribution < 1.29 is 32.9 Å².